The number of aryl methyl sites for hydroxylation is 1. The van der Waals surface area contributed by atoms with E-state index in [0.29, 0.717) is 6.61 Å². The molecule has 3 heteroatoms. The number of nitrogens with zero attached hydrogens (tertiary/aromatic N) is 1. The molecule has 0 spiro atoms. The van der Waals surface area contributed by atoms with E-state index in [9.17, 15) is 0 Å². The zero-order chi connectivity index (χ0) is 13.1. The van der Waals surface area contributed by atoms with E-state index in [1.807, 2.05) is 12.4 Å². The lowest BCUT2D eigenvalue weighted by Crippen LogP contribution is -2.40. The summed E-state index contributed by atoms with van der Waals surface area (Å²) in [5.41, 5.74) is 2.47. The topological polar surface area (TPSA) is 22.1 Å². The van der Waals surface area contributed by atoms with Gasteiger partial charge in [-0.3, -0.25) is 4.98 Å². The smallest absolute Gasteiger partial charge is 0.192 e. The lowest BCUT2D eigenvalue weighted by atomic mass is 10.2. The number of hydrogen-bond acceptors (Lipinski definition) is 2. The Morgan fingerprint density at radius 2 is 1.76 bits per heavy atom. The molecule has 1 heterocycles. The van der Waals surface area contributed by atoms with Crippen LogP contribution in [0.4, 0.5) is 0 Å². The van der Waals surface area contributed by atoms with Gasteiger partial charge in [0.25, 0.3) is 0 Å². The summed E-state index contributed by atoms with van der Waals surface area (Å²) in [5, 5.41) is 0.267. The third-order valence-corrected chi connectivity index (χ3v) is 8.14. The molecule has 17 heavy (non-hydrogen) atoms. The van der Waals surface area contributed by atoms with Crippen LogP contribution >= 0.6 is 0 Å². The van der Waals surface area contributed by atoms with E-state index in [4.69, 9.17) is 4.43 Å². The Balaban J connectivity index is 2.67. The van der Waals surface area contributed by atoms with Gasteiger partial charge in [-0.2, -0.15) is 0 Å². The van der Waals surface area contributed by atoms with E-state index in [-0.39, 0.29) is 5.04 Å². The Hall–Kier alpha value is -0.673. The van der Waals surface area contributed by atoms with Crippen molar-refractivity contribution in [2.24, 2.45) is 0 Å². The summed E-state index contributed by atoms with van der Waals surface area (Å²) >= 11 is 0. The lowest BCUT2D eigenvalue weighted by Gasteiger charge is -2.36. The highest BCUT2D eigenvalue weighted by molar-refractivity contribution is 6.74. The van der Waals surface area contributed by atoms with E-state index in [1.165, 1.54) is 11.1 Å². The predicted octanol–water partition coefficient (Wildman–Crippen LogP) is 4.17. The zero-order valence-corrected chi connectivity index (χ0v) is 13.0. The van der Waals surface area contributed by atoms with Gasteiger partial charge in [0.15, 0.2) is 8.32 Å². The van der Waals surface area contributed by atoms with Crippen molar-refractivity contribution in [3.05, 3.63) is 29.6 Å². The monoisotopic (exact) mass is 251 g/mol. The third-order valence-electron chi connectivity index (χ3n) is 3.67. The van der Waals surface area contributed by atoms with Gasteiger partial charge in [0.05, 0.1) is 6.61 Å². The Morgan fingerprint density at radius 3 is 2.29 bits per heavy atom. The molecule has 1 aromatic heterocycles. The highest BCUT2D eigenvalue weighted by atomic mass is 28.4. The van der Waals surface area contributed by atoms with Crippen LogP contribution in [-0.4, -0.2) is 13.3 Å². The molecule has 0 fully saturated rings. The fourth-order valence-corrected chi connectivity index (χ4v) is 2.25. The average Bonchev–Trinajstić information content (AvgIpc) is 2.25. The molecule has 1 rings (SSSR count). The van der Waals surface area contributed by atoms with Gasteiger partial charge in [-0.15, -0.1) is 0 Å². The maximum atomic E-state index is 6.18. The molecule has 2 nitrogen and oxygen atoms in total. The van der Waals surface area contributed by atoms with Crippen LogP contribution in [0.15, 0.2) is 18.5 Å². The van der Waals surface area contributed by atoms with Gasteiger partial charge in [0, 0.05) is 12.4 Å². The highest BCUT2D eigenvalue weighted by Crippen LogP contribution is 2.37. The molecule has 0 aliphatic rings. The van der Waals surface area contributed by atoms with Gasteiger partial charge >= 0.3 is 0 Å². The summed E-state index contributed by atoms with van der Waals surface area (Å²) in [5.74, 6) is 0. The average molecular weight is 251 g/mol. The van der Waals surface area contributed by atoms with Gasteiger partial charge in [-0.25, -0.2) is 0 Å². The number of rotatable bonds is 4. The molecule has 0 saturated carbocycles. The second-order valence-electron chi connectivity index (χ2n) is 6.10. The van der Waals surface area contributed by atoms with Gasteiger partial charge in [-0.05, 0) is 35.7 Å². The van der Waals surface area contributed by atoms with E-state index in [0.717, 1.165) is 6.42 Å². The number of aromatic nitrogens is 1. The molecule has 0 amide bonds. The molecule has 0 aliphatic heterocycles. The third kappa shape index (κ3) is 3.93. The van der Waals surface area contributed by atoms with Crippen LogP contribution in [0.5, 0.6) is 0 Å². The molecule has 0 atom stereocenters. The van der Waals surface area contributed by atoms with Crippen LogP contribution in [0.2, 0.25) is 18.1 Å². The molecule has 0 saturated heterocycles. The fourth-order valence-electron chi connectivity index (χ4n) is 1.29. The van der Waals surface area contributed by atoms with Crippen molar-refractivity contribution >= 4 is 8.32 Å². The van der Waals surface area contributed by atoms with Crippen molar-refractivity contribution in [1.82, 2.24) is 4.98 Å². The van der Waals surface area contributed by atoms with E-state index in [2.05, 4.69) is 51.8 Å². The van der Waals surface area contributed by atoms with Gasteiger partial charge in [0.1, 0.15) is 0 Å². The Morgan fingerprint density at radius 1 is 1.18 bits per heavy atom. The standard InChI is InChI=1S/C14H25NOSi/c1-7-12-8-13(10-15-9-12)11-16-17(5,6)14(2,3)4/h8-10H,7,11H2,1-6H3. The van der Waals surface area contributed by atoms with Crippen molar-refractivity contribution in [3.8, 4) is 0 Å². The fraction of sp³-hybridized carbons (Fsp3) is 0.643. The van der Waals surface area contributed by atoms with Crippen molar-refractivity contribution in [1.29, 1.82) is 0 Å². The lowest BCUT2D eigenvalue weighted by molar-refractivity contribution is 0.276. The predicted molar refractivity (Wildman–Crippen MR) is 75.6 cm³/mol. The largest absolute Gasteiger partial charge is 0.413 e. The van der Waals surface area contributed by atoms with Crippen LogP contribution in [0.3, 0.4) is 0 Å². The summed E-state index contributed by atoms with van der Waals surface area (Å²) in [6.45, 7) is 14.2. The van der Waals surface area contributed by atoms with Crippen LogP contribution in [0, 0.1) is 0 Å². The quantitative estimate of drug-likeness (QED) is 0.749. The zero-order valence-electron chi connectivity index (χ0n) is 12.0. The summed E-state index contributed by atoms with van der Waals surface area (Å²) < 4.78 is 6.18. The van der Waals surface area contributed by atoms with Crippen LogP contribution in [0.1, 0.15) is 38.8 Å². The van der Waals surface area contributed by atoms with Gasteiger partial charge < -0.3 is 4.43 Å². The Labute approximate surface area is 107 Å². The molecular weight excluding hydrogens is 226 g/mol. The SMILES string of the molecule is CCc1cncc(CO[Si](C)(C)C(C)(C)C)c1. The van der Waals surface area contributed by atoms with E-state index >= 15 is 0 Å². The molecule has 0 unspecified atom stereocenters. The van der Waals surface area contributed by atoms with Crippen molar-refractivity contribution in [2.75, 3.05) is 0 Å². The number of hydrogen-bond donors (Lipinski definition) is 0. The first-order valence-corrected chi connectivity index (χ1v) is 9.24. The minimum Gasteiger partial charge on any atom is -0.413 e. The molecule has 0 aromatic carbocycles. The second-order valence-corrected chi connectivity index (χ2v) is 10.9. The molecule has 0 N–H and O–H groups in total. The first-order valence-electron chi connectivity index (χ1n) is 6.33. The summed E-state index contributed by atoms with van der Waals surface area (Å²) in [7, 11) is -1.64. The second kappa shape index (κ2) is 5.32. The highest BCUT2D eigenvalue weighted by Gasteiger charge is 2.36. The summed E-state index contributed by atoms with van der Waals surface area (Å²) in [6.07, 6.45) is 4.86. The first-order chi connectivity index (χ1) is 7.76. The van der Waals surface area contributed by atoms with E-state index in [1.54, 1.807) is 0 Å². The summed E-state index contributed by atoms with van der Waals surface area (Å²) in [4.78, 5) is 4.25. The number of pyridine rings is 1. The van der Waals surface area contributed by atoms with E-state index < -0.39 is 8.32 Å². The molecular formula is C14H25NOSi. The van der Waals surface area contributed by atoms with Crippen LogP contribution in [-0.2, 0) is 17.5 Å². The van der Waals surface area contributed by atoms with Crippen molar-refractivity contribution < 1.29 is 4.43 Å². The first kappa shape index (κ1) is 14.4. The van der Waals surface area contributed by atoms with Crippen molar-refractivity contribution in [3.63, 3.8) is 0 Å². The Bertz CT molecular complexity index is 369. The normalized spacial score (nSPS) is 12.8. The maximum Gasteiger partial charge on any atom is 0.192 e. The molecule has 96 valence electrons. The molecule has 0 aliphatic carbocycles. The minimum atomic E-state index is -1.64. The van der Waals surface area contributed by atoms with Gasteiger partial charge in [0.2, 0.25) is 0 Å². The van der Waals surface area contributed by atoms with Gasteiger partial charge in [-0.1, -0.05) is 33.8 Å². The Kier molecular flexibility index (Phi) is 4.50. The maximum absolute atomic E-state index is 6.18. The minimum absolute atomic E-state index is 0.267. The van der Waals surface area contributed by atoms with Crippen LogP contribution in [0.25, 0.3) is 0 Å². The molecule has 0 bridgehead atoms. The molecule has 0 radical (unpaired) electrons. The van der Waals surface area contributed by atoms with Crippen LogP contribution < -0.4 is 0 Å². The van der Waals surface area contributed by atoms with Crippen molar-refractivity contribution in [2.45, 2.75) is 58.9 Å². The summed E-state index contributed by atoms with van der Waals surface area (Å²) in [6, 6.07) is 2.19. The molecule has 1 aromatic rings.